The van der Waals surface area contributed by atoms with E-state index in [1.807, 2.05) is 50.4 Å². The highest BCUT2D eigenvalue weighted by Gasteiger charge is 2.12. The van der Waals surface area contributed by atoms with Gasteiger partial charge in [0.2, 0.25) is 5.95 Å². The third-order valence-electron chi connectivity index (χ3n) is 3.65. The van der Waals surface area contributed by atoms with Crippen LogP contribution in [0.5, 0.6) is 5.75 Å². The summed E-state index contributed by atoms with van der Waals surface area (Å²) < 4.78 is 7.51. The van der Waals surface area contributed by atoms with Crippen molar-refractivity contribution in [3.8, 4) is 5.75 Å². The summed E-state index contributed by atoms with van der Waals surface area (Å²) in [6, 6.07) is 8.30. The van der Waals surface area contributed by atoms with Gasteiger partial charge < -0.3 is 19.5 Å². The molecular weight excluding hydrogens is 264 g/mol. The summed E-state index contributed by atoms with van der Waals surface area (Å²) >= 11 is 0. The van der Waals surface area contributed by atoms with Crippen molar-refractivity contribution in [3.63, 3.8) is 0 Å². The zero-order valence-electron chi connectivity index (χ0n) is 13.4. The van der Waals surface area contributed by atoms with Gasteiger partial charge >= 0.3 is 0 Å². The lowest BCUT2D eigenvalue weighted by molar-refractivity contribution is 0.401. The molecule has 2 aromatic rings. The van der Waals surface area contributed by atoms with Gasteiger partial charge in [-0.15, -0.1) is 0 Å². The van der Waals surface area contributed by atoms with E-state index in [0.717, 1.165) is 29.5 Å². The number of nitrogens with one attached hydrogen (secondary N) is 1. The van der Waals surface area contributed by atoms with E-state index in [0.29, 0.717) is 0 Å². The van der Waals surface area contributed by atoms with E-state index < -0.39 is 0 Å². The minimum atomic E-state index is 0.207. The van der Waals surface area contributed by atoms with Gasteiger partial charge in [0.15, 0.2) is 0 Å². The van der Waals surface area contributed by atoms with Crippen LogP contribution in [-0.4, -0.2) is 30.8 Å². The lowest BCUT2D eigenvalue weighted by Crippen LogP contribution is -2.21. The lowest BCUT2D eigenvalue weighted by Gasteiger charge is -2.18. The third kappa shape index (κ3) is 3.36. The molecular formula is C16H24N4O. The van der Waals surface area contributed by atoms with Crippen LogP contribution in [0.2, 0.25) is 0 Å². The minimum Gasteiger partial charge on any atom is -0.496 e. The molecule has 0 radical (unpaired) electrons. The molecule has 0 saturated carbocycles. The van der Waals surface area contributed by atoms with Crippen molar-refractivity contribution in [2.75, 3.05) is 26.1 Å². The van der Waals surface area contributed by atoms with E-state index in [1.165, 1.54) is 0 Å². The second-order valence-electron chi connectivity index (χ2n) is 5.35. The van der Waals surface area contributed by atoms with Crippen LogP contribution < -0.4 is 15.0 Å². The zero-order chi connectivity index (χ0) is 15.4. The van der Waals surface area contributed by atoms with Crippen molar-refractivity contribution in [2.45, 2.75) is 19.5 Å². The van der Waals surface area contributed by atoms with Crippen LogP contribution in [0.4, 0.5) is 5.95 Å². The van der Waals surface area contributed by atoms with Gasteiger partial charge in [-0.05, 0) is 13.0 Å². The fourth-order valence-electron chi connectivity index (χ4n) is 2.41. The fourth-order valence-corrected chi connectivity index (χ4v) is 2.41. The Morgan fingerprint density at radius 1 is 1.33 bits per heavy atom. The minimum absolute atomic E-state index is 0.207. The summed E-state index contributed by atoms with van der Waals surface area (Å²) in [5.74, 6) is 1.87. The van der Waals surface area contributed by atoms with Gasteiger partial charge in [0, 0.05) is 39.3 Å². The summed E-state index contributed by atoms with van der Waals surface area (Å²) in [4.78, 5) is 6.43. The Balaban J connectivity index is 2.06. The Morgan fingerprint density at radius 3 is 2.67 bits per heavy atom. The topological polar surface area (TPSA) is 42.3 Å². The Labute approximate surface area is 126 Å². The first-order valence-electron chi connectivity index (χ1n) is 7.08. The second-order valence-corrected chi connectivity index (χ2v) is 5.35. The van der Waals surface area contributed by atoms with Crippen molar-refractivity contribution in [1.82, 2.24) is 14.9 Å². The molecule has 0 amide bonds. The van der Waals surface area contributed by atoms with Crippen LogP contribution in [0.15, 0.2) is 30.5 Å². The van der Waals surface area contributed by atoms with Crippen molar-refractivity contribution < 1.29 is 4.74 Å². The molecule has 1 aromatic heterocycles. The van der Waals surface area contributed by atoms with E-state index in [1.54, 1.807) is 7.11 Å². The van der Waals surface area contributed by atoms with Gasteiger partial charge in [-0.2, -0.15) is 0 Å². The molecule has 1 aromatic carbocycles. The van der Waals surface area contributed by atoms with Crippen molar-refractivity contribution in [2.24, 2.45) is 7.05 Å². The molecule has 0 aliphatic heterocycles. The largest absolute Gasteiger partial charge is 0.496 e. The average molecular weight is 288 g/mol. The molecule has 1 N–H and O–H groups in total. The monoisotopic (exact) mass is 288 g/mol. The van der Waals surface area contributed by atoms with Crippen LogP contribution in [0.1, 0.15) is 24.2 Å². The van der Waals surface area contributed by atoms with Crippen LogP contribution in [0.25, 0.3) is 0 Å². The van der Waals surface area contributed by atoms with Gasteiger partial charge in [0.1, 0.15) is 5.75 Å². The number of methoxy groups -OCH3 is 1. The van der Waals surface area contributed by atoms with E-state index in [4.69, 9.17) is 4.74 Å². The Morgan fingerprint density at radius 2 is 2.05 bits per heavy atom. The molecule has 0 unspecified atom stereocenters. The number of imidazole rings is 1. The van der Waals surface area contributed by atoms with E-state index >= 15 is 0 Å². The molecule has 21 heavy (non-hydrogen) atoms. The first-order valence-corrected chi connectivity index (χ1v) is 7.08. The normalized spacial score (nSPS) is 12.2. The highest BCUT2D eigenvalue weighted by molar-refractivity contribution is 5.35. The molecule has 0 aliphatic carbocycles. The summed E-state index contributed by atoms with van der Waals surface area (Å²) in [5, 5.41) is 3.52. The van der Waals surface area contributed by atoms with Crippen LogP contribution in [0.3, 0.4) is 0 Å². The van der Waals surface area contributed by atoms with Crippen molar-refractivity contribution in [1.29, 1.82) is 0 Å². The SMILES string of the molecule is COc1ccccc1[C@@H](C)NCc1cnc(N(C)C)n1C. The van der Waals surface area contributed by atoms with Gasteiger partial charge in [-0.1, -0.05) is 18.2 Å². The van der Waals surface area contributed by atoms with Gasteiger partial charge in [-0.25, -0.2) is 4.98 Å². The van der Waals surface area contributed by atoms with Gasteiger partial charge in [-0.3, -0.25) is 0 Å². The van der Waals surface area contributed by atoms with Gasteiger partial charge in [0.25, 0.3) is 0 Å². The molecule has 0 saturated heterocycles. The number of ether oxygens (including phenoxy) is 1. The van der Waals surface area contributed by atoms with E-state index in [2.05, 4.69) is 27.9 Å². The van der Waals surface area contributed by atoms with Crippen LogP contribution in [-0.2, 0) is 13.6 Å². The number of benzene rings is 1. The highest BCUT2D eigenvalue weighted by Crippen LogP contribution is 2.24. The summed E-state index contributed by atoms with van der Waals surface area (Å²) in [6.07, 6.45) is 1.91. The average Bonchev–Trinajstić information content (AvgIpc) is 2.86. The van der Waals surface area contributed by atoms with Gasteiger partial charge in [0.05, 0.1) is 19.0 Å². The molecule has 114 valence electrons. The number of hydrogen-bond acceptors (Lipinski definition) is 4. The van der Waals surface area contributed by atoms with Crippen molar-refractivity contribution >= 4 is 5.95 Å². The molecule has 0 bridgehead atoms. The maximum Gasteiger partial charge on any atom is 0.204 e. The molecule has 0 fully saturated rings. The fraction of sp³-hybridized carbons (Fsp3) is 0.438. The first-order chi connectivity index (χ1) is 10.0. The van der Waals surface area contributed by atoms with Crippen LogP contribution in [0, 0.1) is 0 Å². The quantitative estimate of drug-likeness (QED) is 0.886. The van der Waals surface area contributed by atoms with Crippen molar-refractivity contribution in [3.05, 3.63) is 41.7 Å². The number of nitrogens with zero attached hydrogens (tertiary/aromatic N) is 3. The highest BCUT2D eigenvalue weighted by atomic mass is 16.5. The number of rotatable bonds is 6. The maximum absolute atomic E-state index is 5.41. The number of anilines is 1. The smallest absolute Gasteiger partial charge is 0.204 e. The number of hydrogen-bond donors (Lipinski definition) is 1. The lowest BCUT2D eigenvalue weighted by atomic mass is 10.1. The first kappa shape index (κ1) is 15.4. The predicted molar refractivity (Wildman–Crippen MR) is 85.8 cm³/mol. The third-order valence-corrected chi connectivity index (χ3v) is 3.65. The summed E-state index contributed by atoms with van der Waals surface area (Å²) in [6.45, 7) is 2.90. The Bertz CT molecular complexity index is 592. The molecule has 5 heteroatoms. The molecule has 1 heterocycles. The standard InChI is InChI=1S/C16H24N4O/c1-12(14-8-6-7-9-15(14)21-5)17-10-13-11-18-16(19(2)3)20(13)4/h6-9,11-12,17H,10H2,1-5H3/t12-/m1/s1. The number of aromatic nitrogens is 2. The predicted octanol–water partition coefficient (Wildman–Crippen LogP) is 2.35. The van der Waals surface area contributed by atoms with E-state index in [-0.39, 0.29) is 6.04 Å². The molecule has 0 aliphatic rings. The summed E-state index contributed by atoms with van der Waals surface area (Å²) in [5.41, 5.74) is 2.32. The zero-order valence-corrected chi connectivity index (χ0v) is 13.4. The molecule has 0 spiro atoms. The number of para-hydroxylation sites is 1. The Hall–Kier alpha value is -2.01. The molecule has 2 rings (SSSR count). The molecule has 1 atom stereocenters. The summed E-state index contributed by atoms with van der Waals surface area (Å²) in [7, 11) is 7.73. The Kier molecular flexibility index (Phi) is 4.85. The maximum atomic E-state index is 5.41. The van der Waals surface area contributed by atoms with Crippen LogP contribution >= 0.6 is 0 Å². The second kappa shape index (κ2) is 6.63. The van der Waals surface area contributed by atoms with E-state index in [9.17, 15) is 0 Å². The molecule has 5 nitrogen and oxygen atoms in total.